The molecule has 0 saturated heterocycles. The molecule has 8 nitrogen and oxygen atoms in total. The highest BCUT2D eigenvalue weighted by Gasteiger charge is 2.21. The van der Waals surface area contributed by atoms with Gasteiger partial charge in [0.2, 0.25) is 11.6 Å². The van der Waals surface area contributed by atoms with Crippen LogP contribution in [-0.4, -0.2) is 19.9 Å². The third-order valence-electron chi connectivity index (χ3n) is 2.97. The van der Waals surface area contributed by atoms with Crippen LogP contribution in [-0.2, 0) is 0 Å². The molecule has 0 aliphatic heterocycles. The number of pyridine rings is 1. The molecule has 0 spiro atoms. The summed E-state index contributed by atoms with van der Waals surface area (Å²) < 4.78 is 0. The molecule has 0 atom stereocenters. The van der Waals surface area contributed by atoms with Gasteiger partial charge in [0.1, 0.15) is 6.33 Å². The van der Waals surface area contributed by atoms with Crippen LogP contribution in [0.15, 0.2) is 43.0 Å². The van der Waals surface area contributed by atoms with Gasteiger partial charge in [-0.2, -0.15) is 0 Å². The zero-order chi connectivity index (χ0) is 14.8. The van der Waals surface area contributed by atoms with Crippen LogP contribution in [0.3, 0.4) is 0 Å². The molecule has 8 heteroatoms. The number of hydrogen-bond donors (Lipinski definition) is 2. The SMILES string of the molecule is Nc1ncnc(Nc2cccc3ccncc23)c1[N+](=O)[O-]. The van der Waals surface area contributed by atoms with Crippen LogP contribution in [0.4, 0.5) is 23.0 Å². The number of nitrogens with zero attached hydrogens (tertiary/aromatic N) is 4. The lowest BCUT2D eigenvalue weighted by Crippen LogP contribution is -2.05. The molecule has 1 aromatic carbocycles. The first kappa shape index (κ1) is 12.7. The molecule has 2 heterocycles. The van der Waals surface area contributed by atoms with E-state index in [1.807, 2.05) is 18.2 Å². The summed E-state index contributed by atoms with van der Waals surface area (Å²) in [5.74, 6) is -0.139. The van der Waals surface area contributed by atoms with Gasteiger partial charge in [0.15, 0.2) is 0 Å². The highest BCUT2D eigenvalue weighted by molar-refractivity contribution is 5.95. The lowest BCUT2D eigenvalue weighted by Gasteiger charge is -2.09. The Morgan fingerprint density at radius 3 is 2.90 bits per heavy atom. The molecule has 3 aromatic rings. The first-order valence-corrected chi connectivity index (χ1v) is 6.01. The van der Waals surface area contributed by atoms with E-state index in [2.05, 4.69) is 20.3 Å². The molecule has 0 aliphatic rings. The van der Waals surface area contributed by atoms with Crippen LogP contribution in [0.25, 0.3) is 10.8 Å². The van der Waals surface area contributed by atoms with Crippen molar-refractivity contribution in [2.45, 2.75) is 0 Å². The van der Waals surface area contributed by atoms with Crippen LogP contribution < -0.4 is 11.1 Å². The number of benzene rings is 1. The molecule has 3 N–H and O–H groups in total. The van der Waals surface area contributed by atoms with Crippen molar-refractivity contribution < 1.29 is 4.92 Å². The second-order valence-electron chi connectivity index (χ2n) is 4.24. The molecular formula is C13H10N6O2. The van der Waals surface area contributed by atoms with Crippen molar-refractivity contribution in [1.82, 2.24) is 15.0 Å². The van der Waals surface area contributed by atoms with Crippen molar-refractivity contribution >= 4 is 33.8 Å². The lowest BCUT2D eigenvalue weighted by molar-refractivity contribution is -0.383. The fourth-order valence-corrected chi connectivity index (χ4v) is 2.01. The third kappa shape index (κ3) is 2.29. The monoisotopic (exact) mass is 282 g/mol. The number of hydrogen-bond acceptors (Lipinski definition) is 7. The second-order valence-corrected chi connectivity index (χ2v) is 4.24. The van der Waals surface area contributed by atoms with E-state index in [9.17, 15) is 10.1 Å². The van der Waals surface area contributed by atoms with Crippen molar-refractivity contribution in [3.8, 4) is 0 Å². The van der Waals surface area contributed by atoms with Gasteiger partial charge in [0.25, 0.3) is 0 Å². The molecule has 21 heavy (non-hydrogen) atoms. The zero-order valence-corrected chi connectivity index (χ0v) is 10.7. The third-order valence-corrected chi connectivity index (χ3v) is 2.97. The van der Waals surface area contributed by atoms with Crippen LogP contribution in [0.1, 0.15) is 0 Å². The van der Waals surface area contributed by atoms with Gasteiger partial charge < -0.3 is 11.1 Å². The van der Waals surface area contributed by atoms with Gasteiger partial charge in [0.05, 0.1) is 4.92 Å². The van der Waals surface area contributed by atoms with Gasteiger partial charge in [0, 0.05) is 23.5 Å². The maximum absolute atomic E-state index is 11.1. The minimum Gasteiger partial charge on any atom is -0.378 e. The molecule has 104 valence electrons. The Balaban J connectivity index is 2.12. The van der Waals surface area contributed by atoms with Gasteiger partial charge in [-0.1, -0.05) is 12.1 Å². The maximum Gasteiger partial charge on any atom is 0.353 e. The topological polar surface area (TPSA) is 120 Å². The molecule has 0 aliphatic carbocycles. The quantitative estimate of drug-likeness (QED) is 0.558. The minimum atomic E-state index is -0.610. The van der Waals surface area contributed by atoms with E-state index in [1.54, 1.807) is 18.5 Å². The Bertz CT molecular complexity index is 831. The fourth-order valence-electron chi connectivity index (χ4n) is 2.01. The average Bonchev–Trinajstić information content (AvgIpc) is 2.47. The van der Waals surface area contributed by atoms with E-state index in [-0.39, 0.29) is 17.3 Å². The first-order chi connectivity index (χ1) is 10.2. The van der Waals surface area contributed by atoms with Crippen LogP contribution in [0.2, 0.25) is 0 Å². The van der Waals surface area contributed by atoms with Crippen LogP contribution in [0, 0.1) is 10.1 Å². The van der Waals surface area contributed by atoms with E-state index < -0.39 is 4.92 Å². The molecule has 3 rings (SSSR count). The second kappa shape index (κ2) is 5.00. The predicted molar refractivity (Wildman–Crippen MR) is 78.1 cm³/mol. The largest absolute Gasteiger partial charge is 0.378 e. The Kier molecular flexibility index (Phi) is 3.03. The predicted octanol–water partition coefficient (Wildman–Crippen LogP) is 2.26. The normalized spacial score (nSPS) is 10.5. The van der Waals surface area contributed by atoms with Crippen LogP contribution in [0.5, 0.6) is 0 Å². The molecule has 0 bridgehead atoms. The maximum atomic E-state index is 11.1. The first-order valence-electron chi connectivity index (χ1n) is 6.01. The molecule has 0 unspecified atom stereocenters. The van der Waals surface area contributed by atoms with Crippen molar-refractivity contribution in [2.75, 3.05) is 11.1 Å². The Labute approximate surface area is 118 Å². The Morgan fingerprint density at radius 1 is 1.24 bits per heavy atom. The van der Waals surface area contributed by atoms with Gasteiger partial charge in [-0.05, 0) is 17.5 Å². The zero-order valence-electron chi connectivity index (χ0n) is 10.7. The Hall–Kier alpha value is -3.29. The highest BCUT2D eigenvalue weighted by Crippen LogP contribution is 2.31. The van der Waals surface area contributed by atoms with E-state index in [4.69, 9.17) is 5.73 Å². The number of nitrogens with two attached hydrogens (primary N) is 1. The molecule has 0 fully saturated rings. The summed E-state index contributed by atoms with van der Waals surface area (Å²) in [6.07, 6.45) is 4.53. The number of rotatable bonds is 3. The van der Waals surface area contributed by atoms with E-state index in [1.165, 1.54) is 6.33 Å². The molecule has 2 aromatic heterocycles. The van der Waals surface area contributed by atoms with Gasteiger partial charge in [-0.25, -0.2) is 9.97 Å². The summed E-state index contributed by atoms with van der Waals surface area (Å²) >= 11 is 0. The van der Waals surface area contributed by atoms with Crippen LogP contribution >= 0.6 is 0 Å². The van der Waals surface area contributed by atoms with Crippen molar-refractivity contribution in [3.05, 3.63) is 53.1 Å². The van der Waals surface area contributed by atoms with Gasteiger partial charge >= 0.3 is 5.69 Å². The van der Waals surface area contributed by atoms with E-state index >= 15 is 0 Å². The molecule has 0 amide bonds. The summed E-state index contributed by atoms with van der Waals surface area (Å²) in [5.41, 5.74) is 5.85. The van der Waals surface area contributed by atoms with E-state index in [0.29, 0.717) is 5.69 Å². The average molecular weight is 282 g/mol. The van der Waals surface area contributed by atoms with Crippen molar-refractivity contribution in [2.24, 2.45) is 0 Å². The number of fused-ring (bicyclic) bond motifs is 1. The number of nitro groups is 1. The highest BCUT2D eigenvalue weighted by atomic mass is 16.6. The van der Waals surface area contributed by atoms with Crippen molar-refractivity contribution in [1.29, 1.82) is 0 Å². The Morgan fingerprint density at radius 2 is 2.10 bits per heavy atom. The summed E-state index contributed by atoms with van der Waals surface area (Å²) in [6.45, 7) is 0. The summed E-state index contributed by atoms with van der Waals surface area (Å²) in [5, 5.41) is 15.8. The van der Waals surface area contributed by atoms with E-state index in [0.717, 1.165) is 10.8 Å². The molecule has 0 saturated carbocycles. The fraction of sp³-hybridized carbons (Fsp3) is 0. The van der Waals surface area contributed by atoms with Gasteiger partial charge in [-0.15, -0.1) is 0 Å². The summed E-state index contributed by atoms with van der Waals surface area (Å²) in [7, 11) is 0. The number of anilines is 3. The molecular weight excluding hydrogens is 272 g/mol. The number of nitrogen functional groups attached to an aromatic ring is 1. The summed E-state index contributed by atoms with van der Waals surface area (Å²) in [6, 6.07) is 7.39. The minimum absolute atomic E-state index is 0.0452. The number of aromatic nitrogens is 3. The molecule has 0 radical (unpaired) electrons. The summed E-state index contributed by atoms with van der Waals surface area (Å²) in [4.78, 5) is 22.1. The standard InChI is InChI=1S/C13H10N6O2/c14-12-11(19(20)21)13(17-7-16-12)18-10-3-1-2-8-4-5-15-6-9(8)10/h1-7H,(H3,14,16,17,18). The van der Waals surface area contributed by atoms with Crippen molar-refractivity contribution in [3.63, 3.8) is 0 Å². The number of nitrogens with one attached hydrogen (secondary N) is 1. The lowest BCUT2D eigenvalue weighted by atomic mass is 10.1. The smallest absolute Gasteiger partial charge is 0.353 e. The van der Waals surface area contributed by atoms with Gasteiger partial charge in [-0.3, -0.25) is 15.1 Å².